The second kappa shape index (κ2) is 6.66. The van der Waals surface area contributed by atoms with Gasteiger partial charge in [0, 0.05) is 29.5 Å². The molecule has 0 radical (unpaired) electrons. The van der Waals surface area contributed by atoms with Gasteiger partial charge in [-0.1, -0.05) is 24.3 Å². The maximum atomic E-state index is 5.59. The van der Waals surface area contributed by atoms with Gasteiger partial charge in [-0.15, -0.1) is 5.11 Å². The van der Waals surface area contributed by atoms with Crippen molar-refractivity contribution in [1.82, 2.24) is 15.4 Å². The first-order chi connectivity index (χ1) is 12.3. The van der Waals surface area contributed by atoms with E-state index in [0.29, 0.717) is 6.54 Å². The molecule has 1 aromatic heterocycles. The van der Waals surface area contributed by atoms with Crippen molar-refractivity contribution in [3.05, 3.63) is 54.6 Å². The van der Waals surface area contributed by atoms with E-state index in [1.54, 1.807) is 0 Å². The van der Waals surface area contributed by atoms with Crippen LogP contribution in [0.2, 0.25) is 0 Å². The van der Waals surface area contributed by atoms with Gasteiger partial charge in [-0.3, -0.25) is 0 Å². The molecule has 0 saturated heterocycles. The third kappa shape index (κ3) is 3.05. The normalized spacial score (nSPS) is 11.6. The minimum absolute atomic E-state index is 0.584. The van der Waals surface area contributed by atoms with Gasteiger partial charge in [0.2, 0.25) is 0 Å². The molecule has 7 heteroatoms. The van der Waals surface area contributed by atoms with E-state index in [2.05, 4.69) is 37.0 Å². The Labute approximate surface area is 144 Å². The zero-order valence-electron chi connectivity index (χ0n) is 13.5. The summed E-state index contributed by atoms with van der Waals surface area (Å²) in [5, 5.41) is 25.0. The van der Waals surface area contributed by atoms with Crippen LogP contribution < -0.4 is 11.1 Å². The van der Waals surface area contributed by atoms with Crippen LogP contribution in [0.15, 0.2) is 64.8 Å². The van der Waals surface area contributed by atoms with Crippen LogP contribution in [0.1, 0.15) is 0 Å². The lowest BCUT2D eigenvalue weighted by molar-refractivity contribution is 0.959. The number of benzene rings is 3. The second-order valence-electron chi connectivity index (χ2n) is 5.59. The molecule has 0 bridgehead atoms. The zero-order chi connectivity index (χ0) is 17.1. The maximum Gasteiger partial charge on any atom is 0.115 e. The van der Waals surface area contributed by atoms with Crippen LogP contribution in [-0.4, -0.2) is 28.5 Å². The van der Waals surface area contributed by atoms with Gasteiger partial charge in [0.05, 0.1) is 11.4 Å². The molecular weight excluding hydrogens is 314 g/mol. The Morgan fingerprint density at radius 1 is 0.920 bits per heavy atom. The number of hydrogen-bond acceptors (Lipinski definition) is 6. The molecule has 4 aromatic rings. The maximum absolute atomic E-state index is 5.59. The van der Waals surface area contributed by atoms with Crippen molar-refractivity contribution in [3.63, 3.8) is 0 Å². The standard InChI is InChI=1S/C18H17N7/c19-9-10-20-15-7-8-16(14-4-2-1-3-13(14)15)22-21-12-5-6-17-18(11-12)24-25-23-17/h1-8,11,20H,9-10,19H2,(H,23,24,25). The first kappa shape index (κ1) is 15.2. The highest BCUT2D eigenvalue weighted by atomic mass is 15.3. The Morgan fingerprint density at radius 3 is 2.64 bits per heavy atom. The van der Waals surface area contributed by atoms with Crippen molar-refractivity contribution in [2.75, 3.05) is 18.4 Å². The molecule has 3 aromatic carbocycles. The summed E-state index contributed by atoms with van der Waals surface area (Å²) in [5.74, 6) is 0. The fourth-order valence-corrected chi connectivity index (χ4v) is 2.73. The predicted octanol–water partition coefficient (Wildman–Crippen LogP) is 3.90. The van der Waals surface area contributed by atoms with Crippen molar-refractivity contribution in [2.45, 2.75) is 0 Å². The first-order valence-corrected chi connectivity index (χ1v) is 8.03. The summed E-state index contributed by atoms with van der Waals surface area (Å²) < 4.78 is 0. The molecule has 0 saturated carbocycles. The third-order valence-corrected chi connectivity index (χ3v) is 3.93. The Hall–Kier alpha value is -3.32. The Morgan fingerprint density at radius 2 is 1.76 bits per heavy atom. The summed E-state index contributed by atoms with van der Waals surface area (Å²) in [5.41, 5.74) is 9.75. The molecule has 1 heterocycles. The van der Waals surface area contributed by atoms with Gasteiger partial charge in [0.15, 0.2) is 0 Å². The van der Waals surface area contributed by atoms with Gasteiger partial charge in [-0.2, -0.15) is 20.5 Å². The van der Waals surface area contributed by atoms with E-state index in [0.717, 1.165) is 45.4 Å². The summed E-state index contributed by atoms with van der Waals surface area (Å²) >= 11 is 0. The van der Waals surface area contributed by atoms with E-state index in [4.69, 9.17) is 5.73 Å². The molecule has 124 valence electrons. The second-order valence-corrected chi connectivity index (χ2v) is 5.59. The van der Waals surface area contributed by atoms with Crippen molar-refractivity contribution in [1.29, 1.82) is 0 Å². The van der Waals surface area contributed by atoms with Gasteiger partial charge < -0.3 is 11.1 Å². The Bertz CT molecular complexity index is 1050. The van der Waals surface area contributed by atoms with Crippen LogP contribution in [0.25, 0.3) is 21.8 Å². The summed E-state index contributed by atoms with van der Waals surface area (Å²) in [6.45, 7) is 1.31. The highest BCUT2D eigenvalue weighted by Crippen LogP contribution is 2.33. The molecule has 4 N–H and O–H groups in total. The zero-order valence-corrected chi connectivity index (χ0v) is 13.5. The van der Waals surface area contributed by atoms with Gasteiger partial charge in [0.25, 0.3) is 0 Å². The Kier molecular flexibility index (Phi) is 4.05. The van der Waals surface area contributed by atoms with E-state index in [1.807, 2.05) is 48.5 Å². The first-order valence-electron chi connectivity index (χ1n) is 8.03. The number of aromatic amines is 1. The van der Waals surface area contributed by atoms with E-state index >= 15 is 0 Å². The lowest BCUT2D eigenvalue weighted by Gasteiger charge is -2.10. The Balaban J connectivity index is 1.71. The highest BCUT2D eigenvalue weighted by molar-refractivity contribution is 6.00. The lowest BCUT2D eigenvalue weighted by atomic mass is 10.1. The molecule has 0 aliphatic heterocycles. The fourth-order valence-electron chi connectivity index (χ4n) is 2.73. The molecule has 0 aliphatic rings. The third-order valence-electron chi connectivity index (χ3n) is 3.93. The van der Waals surface area contributed by atoms with Crippen LogP contribution in [0.3, 0.4) is 0 Å². The van der Waals surface area contributed by atoms with Crippen molar-refractivity contribution >= 4 is 38.9 Å². The average molecular weight is 331 g/mol. The lowest BCUT2D eigenvalue weighted by Crippen LogP contribution is -2.13. The van der Waals surface area contributed by atoms with Crippen molar-refractivity contribution in [2.24, 2.45) is 16.0 Å². The van der Waals surface area contributed by atoms with Crippen LogP contribution in [0.5, 0.6) is 0 Å². The molecule has 0 aliphatic carbocycles. The van der Waals surface area contributed by atoms with Gasteiger partial charge in [-0.25, -0.2) is 0 Å². The molecule has 25 heavy (non-hydrogen) atoms. The van der Waals surface area contributed by atoms with Crippen LogP contribution in [0, 0.1) is 0 Å². The number of nitrogens with one attached hydrogen (secondary N) is 2. The fraction of sp³-hybridized carbons (Fsp3) is 0.111. The summed E-state index contributed by atoms with van der Waals surface area (Å²) in [7, 11) is 0. The number of nitrogens with zero attached hydrogens (tertiary/aromatic N) is 4. The van der Waals surface area contributed by atoms with E-state index in [-0.39, 0.29) is 0 Å². The molecule has 7 nitrogen and oxygen atoms in total. The number of rotatable bonds is 5. The van der Waals surface area contributed by atoms with Gasteiger partial charge >= 0.3 is 0 Å². The van der Waals surface area contributed by atoms with Gasteiger partial charge in [0.1, 0.15) is 11.0 Å². The SMILES string of the molecule is NCCNc1ccc(N=Nc2ccc3n[nH]nc3c2)c2ccccc12. The van der Waals surface area contributed by atoms with Crippen LogP contribution >= 0.6 is 0 Å². The van der Waals surface area contributed by atoms with Crippen LogP contribution in [-0.2, 0) is 0 Å². The van der Waals surface area contributed by atoms with E-state index in [9.17, 15) is 0 Å². The number of aromatic nitrogens is 3. The number of nitrogens with two attached hydrogens (primary N) is 1. The minimum atomic E-state index is 0.584. The molecule has 0 amide bonds. The monoisotopic (exact) mass is 331 g/mol. The molecule has 0 atom stereocenters. The topological polar surface area (TPSA) is 104 Å². The number of azo groups is 1. The summed E-state index contributed by atoms with van der Waals surface area (Å²) in [4.78, 5) is 0. The molecular formula is C18H17N7. The van der Waals surface area contributed by atoms with Crippen LogP contribution in [0.4, 0.5) is 17.1 Å². The highest BCUT2D eigenvalue weighted by Gasteiger charge is 2.05. The van der Waals surface area contributed by atoms with E-state index < -0.39 is 0 Å². The number of anilines is 1. The summed E-state index contributed by atoms with van der Waals surface area (Å²) in [6, 6.07) is 17.7. The smallest absolute Gasteiger partial charge is 0.115 e. The number of hydrogen-bond donors (Lipinski definition) is 3. The number of fused-ring (bicyclic) bond motifs is 2. The summed E-state index contributed by atoms with van der Waals surface area (Å²) in [6.07, 6.45) is 0. The molecule has 0 unspecified atom stereocenters. The number of H-pyrrole nitrogens is 1. The van der Waals surface area contributed by atoms with Gasteiger partial charge in [-0.05, 0) is 30.3 Å². The minimum Gasteiger partial charge on any atom is -0.383 e. The predicted molar refractivity (Wildman–Crippen MR) is 99.6 cm³/mol. The quantitative estimate of drug-likeness (QED) is 0.482. The molecule has 4 rings (SSSR count). The van der Waals surface area contributed by atoms with Crippen molar-refractivity contribution < 1.29 is 0 Å². The molecule has 0 spiro atoms. The largest absolute Gasteiger partial charge is 0.383 e. The average Bonchev–Trinajstić information content (AvgIpc) is 3.13. The van der Waals surface area contributed by atoms with Crippen molar-refractivity contribution in [3.8, 4) is 0 Å². The molecule has 0 fully saturated rings. The van der Waals surface area contributed by atoms with E-state index in [1.165, 1.54) is 0 Å².